The zero-order chi connectivity index (χ0) is 36.5. The minimum absolute atomic E-state index is 0.00849. The largest absolute Gasteiger partial charge is 0.460 e. The van der Waals surface area contributed by atoms with Crippen LogP contribution in [0.2, 0.25) is 0 Å². The molecule has 4 amide bonds. The summed E-state index contributed by atoms with van der Waals surface area (Å²) in [5.74, 6) is -1.92. The van der Waals surface area contributed by atoms with Gasteiger partial charge in [-0.1, -0.05) is 64.8 Å². The lowest BCUT2D eigenvalue weighted by molar-refractivity contribution is -0.145. The average molecular weight is 701 g/mol. The highest BCUT2D eigenvalue weighted by Gasteiger charge is 2.52. The maximum atomic E-state index is 14.6. The van der Waals surface area contributed by atoms with E-state index < -0.39 is 47.4 Å². The third-order valence-corrected chi connectivity index (χ3v) is 10.3. The third kappa shape index (κ3) is 9.39. The van der Waals surface area contributed by atoms with Gasteiger partial charge in [-0.3, -0.25) is 24.2 Å². The van der Waals surface area contributed by atoms with Crippen molar-refractivity contribution in [1.29, 1.82) is 0 Å². The molecule has 3 aliphatic rings. The van der Waals surface area contributed by atoms with Crippen LogP contribution in [0.25, 0.3) is 0 Å². The number of nitrogens with zero attached hydrogens (tertiary/aromatic N) is 3. The molecule has 2 heterocycles. The van der Waals surface area contributed by atoms with Gasteiger partial charge in [0.2, 0.25) is 17.7 Å². The minimum atomic E-state index is -0.997. The molecule has 1 aromatic heterocycles. The van der Waals surface area contributed by atoms with Crippen molar-refractivity contribution < 1.29 is 28.7 Å². The molecule has 0 bridgehead atoms. The maximum Gasteiger partial charge on any atom is 0.338 e. The fourth-order valence-corrected chi connectivity index (χ4v) is 7.65. The van der Waals surface area contributed by atoms with Crippen molar-refractivity contribution in [3.63, 3.8) is 0 Å². The molecule has 1 saturated carbocycles. The Morgan fingerprint density at radius 2 is 1.76 bits per heavy atom. The highest BCUT2D eigenvalue weighted by molar-refractivity contribution is 5.99. The minimum Gasteiger partial charge on any atom is -0.460 e. The van der Waals surface area contributed by atoms with Gasteiger partial charge in [0.1, 0.15) is 30.4 Å². The van der Waals surface area contributed by atoms with E-state index in [2.05, 4.69) is 25.9 Å². The maximum absolute atomic E-state index is 14.6. The van der Waals surface area contributed by atoms with E-state index in [9.17, 15) is 24.0 Å². The first-order chi connectivity index (χ1) is 24.5. The summed E-state index contributed by atoms with van der Waals surface area (Å²) in [6.45, 7) is 8.08. The van der Waals surface area contributed by atoms with E-state index in [-0.39, 0.29) is 36.0 Å². The molecular formula is C39H52N6O6. The summed E-state index contributed by atoms with van der Waals surface area (Å²) in [7, 11) is 0. The quantitative estimate of drug-likeness (QED) is 0.205. The van der Waals surface area contributed by atoms with E-state index in [1.807, 2.05) is 39.8 Å². The molecule has 2 aliphatic carbocycles. The number of nitrogens with one attached hydrogen (secondary N) is 3. The number of aromatic nitrogens is 2. The lowest BCUT2D eigenvalue weighted by Gasteiger charge is -2.37. The Morgan fingerprint density at radius 3 is 2.43 bits per heavy atom. The molecule has 1 aliphatic heterocycles. The SMILES string of the molecule is CCCC(COC(=O)c1ccccc1)NC(=O)C1C2CCCC2CN1C(=O)C(NC(=O)C(NC(=O)c1cnccn1)C1=CCCCC1)C(C)(C)C. The zero-order valence-electron chi connectivity index (χ0n) is 30.2. The highest BCUT2D eigenvalue weighted by atomic mass is 16.5. The first kappa shape index (κ1) is 37.6. The van der Waals surface area contributed by atoms with Gasteiger partial charge in [0.15, 0.2) is 0 Å². The van der Waals surface area contributed by atoms with Crippen LogP contribution < -0.4 is 16.0 Å². The van der Waals surface area contributed by atoms with Crippen LogP contribution in [0.4, 0.5) is 0 Å². The summed E-state index contributed by atoms with van der Waals surface area (Å²) in [5, 5.41) is 8.97. The number of benzene rings is 1. The Labute approximate surface area is 300 Å². The van der Waals surface area contributed by atoms with Crippen molar-refractivity contribution in [2.75, 3.05) is 13.2 Å². The molecule has 2 fully saturated rings. The number of ether oxygens (including phenoxy) is 1. The molecule has 1 saturated heterocycles. The number of carbonyl (C=O) groups is 5. The molecule has 51 heavy (non-hydrogen) atoms. The zero-order valence-corrected chi connectivity index (χ0v) is 30.2. The highest BCUT2D eigenvalue weighted by Crippen LogP contribution is 2.43. The molecule has 0 spiro atoms. The van der Waals surface area contributed by atoms with Crippen molar-refractivity contribution >= 4 is 29.6 Å². The number of allylic oxidation sites excluding steroid dienone is 1. The lowest BCUT2D eigenvalue weighted by atomic mass is 9.84. The van der Waals surface area contributed by atoms with Crippen molar-refractivity contribution in [3.8, 4) is 0 Å². The molecule has 274 valence electrons. The predicted octanol–water partition coefficient (Wildman–Crippen LogP) is 4.38. The van der Waals surface area contributed by atoms with Gasteiger partial charge in [-0.05, 0) is 79.9 Å². The van der Waals surface area contributed by atoms with Gasteiger partial charge in [-0.25, -0.2) is 9.78 Å². The number of rotatable bonds is 13. The van der Waals surface area contributed by atoms with Crippen LogP contribution in [0, 0.1) is 17.3 Å². The smallest absolute Gasteiger partial charge is 0.338 e. The van der Waals surface area contributed by atoms with Crippen LogP contribution in [0.5, 0.6) is 0 Å². The molecule has 6 unspecified atom stereocenters. The fraction of sp³-hybridized carbons (Fsp3) is 0.564. The number of carbonyl (C=O) groups excluding carboxylic acids is 5. The van der Waals surface area contributed by atoms with Crippen LogP contribution in [0.3, 0.4) is 0 Å². The summed E-state index contributed by atoms with van der Waals surface area (Å²) in [6.07, 6.45) is 13.6. The monoisotopic (exact) mass is 700 g/mol. The van der Waals surface area contributed by atoms with Crippen LogP contribution in [-0.4, -0.2) is 81.8 Å². The molecule has 6 atom stereocenters. The van der Waals surface area contributed by atoms with Crippen molar-refractivity contribution in [2.24, 2.45) is 17.3 Å². The second-order valence-electron chi connectivity index (χ2n) is 15.1. The van der Waals surface area contributed by atoms with E-state index in [0.717, 1.165) is 50.5 Å². The first-order valence-corrected chi connectivity index (χ1v) is 18.4. The molecule has 2 aromatic rings. The molecule has 5 rings (SSSR count). The summed E-state index contributed by atoms with van der Waals surface area (Å²) in [5.41, 5.74) is 0.594. The summed E-state index contributed by atoms with van der Waals surface area (Å²) < 4.78 is 5.60. The van der Waals surface area contributed by atoms with Crippen LogP contribution >= 0.6 is 0 Å². The molecule has 12 nitrogen and oxygen atoms in total. The van der Waals surface area contributed by atoms with E-state index in [1.54, 1.807) is 29.2 Å². The predicted molar refractivity (Wildman–Crippen MR) is 191 cm³/mol. The average Bonchev–Trinajstić information content (AvgIpc) is 3.74. The molecule has 3 N–H and O–H groups in total. The topological polar surface area (TPSA) is 160 Å². The standard InChI is InChI=1S/C39H52N6O6/c1-5-13-28(24-51-38(50)26-16-10-7-11-17-26)42-36(48)32-29-19-12-18-27(29)23-45(32)37(49)33(39(2,3)4)44-35(47)31(25-14-8-6-9-15-25)43-34(46)30-22-40-20-21-41-30/h7,10-11,14,16-17,20-22,27-29,31-33H,5-6,8-9,12-13,15,18-19,23-24H2,1-4H3,(H,42,48)(H,43,46)(H,44,47). The third-order valence-electron chi connectivity index (χ3n) is 10.3. The van der Waals surface area contributed by atoms with E-state index in [0.29, 0.717) is 24.9 Å². The Morgan fingerprint density at radius 1 is 0.980 bits per heavy atom. The fourth-order valence-electron chi connectivity index (χ4n) is 7.65. The van der Waals surface area contributed by atoms with Gasteiger partial charge in [-0.15, -0.1) is 0 Å². The Balaban J connectivity index is 1.34. The van der Waals surface area contributed by atoms with Gasteiger partial charge in [-0.2, -0.15) is 0 Å². The first-order valence-electron chi connectivity index (χ1n) is 18.4. The Bertz CT molecular complexity index is 1580. The van der Waals surface area contributed by atoms with Gasteiger partial charge >= 0.3 is 5.97 Å². The molecule has 1 aromatic carbocycles. The number of esters is 1. The number of likely N-dealkylation sites (tertiary alicyclic amines) is 1. The number of amides is 4. The molecular weight excluding hydrogens is 648 g/mol. The van der Waals surface area contributed by atoms with Crippen molar-refractivity contribution in [1.82, 2.24) is 30.8 Å². The van der Waals surface area contributed by atoms with Gasteiger partial charge in [0.05, 0.1) is 17.8 Å². The van der Waals surface area contributed by atoms with Gasteiger partial charge < -0.3 is 25.6 Å². The molecule has 0 radical (unpaired) electrons. The second-order valence-corrected chi connectivity index (χ2v) is 15.1. The molecule has 12 heteroatoms. The number of fused-ring (bicyclic) bond motifs is 1. The van der Waals surface area contributed by atoms with Gasteiger partial charge in [0.25, 0.3) is 5.91 Å². The van der Waals surface area contributed by atoms with Crippen molar-refractivity contribution in [3.05, 3.63) is 71.8 Å². The summed E-state index contributed by atoms with van der Waals surface area (Å²) in [6, 6.07) is 5.61. The normalized spacial score (nSPS) is 21.8. The summed E-state index contributed by atoms with van der Waals surface area (Å²) in [4.78, 5) is 78.5. The van der Waals surface area contributed by atoms with E-state index >= 15 is 0 Å². The van der Waals surface area contributed by atoms with E-state index in [4.69, 9.17) is 4.74 Å². The number of hydrogen-bond donors (Lipinski definition) is 3. The van der Waals surface area contributed by atoms with E-state index in [1.165, 1.54) is 18.6 Å². The van der Waals surface area contributed by atoms with Crippen molar-refractivity contribution in [2.45, 2.75) is 110 Å². The second kappa shape index (κ2) is 17.1. The lowest BCUT2D eigenvalue weighted by Crippen LogP contribution is -2.61. The van der Waals surface area contributed by atoms with Crippen LogP contribution in [0.15, 0.2) is 60.6 Å². The summed E-state index contributed by atoms with van der Waals surface area (Å²) >= 11 is 0. The van der Waals surface area contributed by atoms with Crippen LogP contribution in [-0.2, 0) is 19.1 Å². The van der Waals surface area contributed by atoms with Gasteiger partial charge in [0, 0.05) is 18.9 Å². The Kier molecular flexibility index (Phi) is 12.6. The number of hydrogen-bond acceptors (Lipinski definition) is 8. The Hall–Kier alpha value is -4.61. The van der Waals surface area contributed by atoms with Crippen LogP contribution in [0.1, 0.15) is 106 Å².